The fourth-order valence-electron chi connectivity index (χ4n) is 2.61. The molecule has 2 rings (SSSR count). The topological polar surface area (TPSA) is 29.5 Å². The first-order chi connectivity index (χ1) is 9.67. The molecule has 118 valence electrons. The van der Waals surface area contributed by atoms with E-state index >= 15 is 0 Å². The number of ether oxygens (including phenoxy) is 1. The van der Waals surface area contributed by atoms with E-state index in [1.807, 2.05) is 6.92 Å². The summed E-state index contributed by atoms with van der Waals surface area (Å²) in [5, 5.41) is 10.6. The van der Waals surface area contributed by atoms with Gasteiger partial charge in [-0.25, -0.2) is 8.78 Å². The highest BCUT2D eigenvalue weighted by Crippen LogP contribution is 2.42. The van der Waals surface area contributed by atoms with Crippen molar-refractivity contribution in [3.05, 3.63) is 35.4 Å². The Morgan fingerprint density at radius 3 is 2.52 bits per heavy atom. The number of hydrogen-bond acceptors (Lipinski definition) is 3. The highest BCUT2D eigenvalue weighted by Gasteiger charge is 2.40. The van der Waals surface area contributed by atoms with E-state index in [-0.39, 0.29) is 16.1 Å². The molecule has 1 aliphatic rings. The van der Waals surface area contributed by atoms with Gasteiger partial charge in [0.2, 0.25) is 0 Å². The summed E-state index contributed by atoms with van der Waals surface area (Å²) in [4.78, 5) is 0. The third-order valence-electron chi connectivity index (χ3n) is 3.42. The summed E-state index contributed by atoms with van der Waals surface area (Å²) >= 11 is 1.75. The summed E-state index contributed by atoms with van der Waals surface area (Å²) in [6, 6.07) is 3.50. The predicted octanol–water partition coefficient (Wildman–Crippen LogP) is 4.08. The normalized spacial score (nSPS) is 27.9. The molecule has 5 heteroatoms. The van der Waals surface area contributed by atoms with Crippen LogP contribution in [0.3, 0.4) is 0 Å². The molecule has 1 aromatic rings. The van der Waals surface area contributed by atoms with Gasteiger partial charge in [-0.15, -0.1) is 11.8 Å². The Kier molecular flexibility index (Phi) is 4.96. The number of aliphatic hydroxyl groups excluding tert-OH is 1. The summed E-state index contributed by atoms with van der Waals surface area (Å²) in [6.07, 6.45) is -0.471. The molecule has 4 atom stereocenters. The molecule has 1 aliphatic heterocycles. The highest BCUT2D eigenvalue weighted by atomic mass is 32.2. The third-order valence-corrected chi connectivity index (χ3v) is 4.89. The zero-order chi connectivity index (χ0) is 15.8. The number of hydrogen-bond donors (Lipinski definition) is 1. The van der Waals surface area contributed by atoms with Crippen LogP contribution in [0.2, 0.25) is 0 Å². The lowest BCUT2D eigenvalue weighted by atomic mass is 10.0. The monoisotopic (exact) mass is 316 g/mol. The fraction of sp³-hybridized carbons (Fsp3) is 0.625. The van der Waals surface area contributed by atoms with E-state index in [0.29, 0.717) is 5.56 Å². The van der Waals surface area contributed by atoms with Crippen molar-refractivity contribution < 1.29 is 18.6 Å². The second-order valence-electron chi connectivity index (χ2n) is 6.53. The summed E-state index contributed by atoms with van der Waals surface area (Å²) in [5.41, 5.74) is 0.354. The van der Waals surface area contributed by atoms with Crippen molar-refractivity contribution in [2.24, 2.45) is 0 Å². The van der Waals surface area contributed by atoms with Gasteiger partial charge in [-0.3, -0.25) is 0 Å². The molecule has 1 heterocycles. The van der Waals surface area contributed by atoms with Crippen LogP contribution in [-0.4, -0.2) is 27.3 Å². The van der Waals surface area contributed by atoms with Crippen LogP contribution in [0, 0.1) is 11.6 Å². The molecule has 0 aromatic heterocycles. The molecular weight excluding hydrogens is 294 g/mol. The molecule has 0 spiro atoms. The van der Waals surface area contributed by atoms with Crippen molar-refractivity contribution in [2.45, 2.75) is 62.4 Å². The fourth-order valence-corrected chi connectivity index (χ4v) is 4.23. The van der Waals surface area contributed by atoms with E-state index in [4.69, 9.17) is 4.74 Å². The van der Waals surface area contributed by atoms with Gasteiger partial charge in [0.1, 0.15) is 6.10 Å². The van der Waals surface area contributed by atoms with Crippen molar-refractivity contribution in [3.63, 3.8) is 0 Å². The van der Waals surface area contributed by atoms with Crippen LogP contribution in [-0.2, 0) is 4.74 Å². The minimum absolute atomic E-state index is 0.0457. The van der Waals surface area contributed by atoms with Crippen LogP contribution < -0.4 is 0 Å². The molecule has 0 radical (unpaired) electrons. The summed E-state index contributed by atoms with van der Waals surface area (Å²) in [7, 11) is 0. The molecular formula is C16H22F2O2S. The van der Waals surface area contributed by atoms with Crippen molar-refractivity contribution in [1.82, 2.24) is 0 Å². The molecule has 0 aliphatic carbocycles. The van der Waals surface area contributed by atoms with Gasteiger partial charge in [0.05, 0.1) is 12.2 Å². The lowest BCUT2D eigenvalue weighted by Gasteiger charge is -2.29. The minimum Gasteiger partial charge on any atom is -0.386 e. The van der Waals surface area contributed by atoms with Gasteiger partial charge in [0.15, 0.2) is 11.6 Å². The van der Waals surface area contributed by atoms with E-state index in [1.165, 1.54) is 6.07 Å². The zero-order valence-corrected chi connectivity index (χ0v) is 13.6. The quantitative estimate of drug-likeness (QED) is 0.911. The summed E-state index contributed by atoms with van der Waals surface area (Å²) < 4.78 is 32.2. The molecule has 0 bridgehead atoms. The van der Waals surface area contributed by atoms with Crippen LogP contribution in [0.25, 0.3) is 0 Å². The smallest absolute Gasteiger partial charge is 0.159 e. The summed E-state index contributed by atoms with van der Waals surface area (Å²) in [6.45, 7) is 8.30. The Morgan fingerprint density at radius 1 is 1.29 bits per heavy atom. The molecule has 1 saturated heterocycles. The first-order valence-electron chi connectivity index (χ1n) is 7.13. The van der Waals surface area contributed by atoms with Crippen LogP contribution in [0.1, 0.15) is 45.8 Å². The average Bonchev–Trinajstić information content (AvgIpc) is 2.70. The van der Waals surface area contributed by atoms with Gasteiger partial charge >= 0.3 is 0 Å². The van der Waals surface area contributed by atoms with E-state index in [0.717, 1.165) is 18.6 Å². The van der Waals surface area contributed by atoms with Crippen molar-refractivity contribution in [3.8, 4) is 0 Å². The maximum Gasteiger partial charge on any atom is 0.159 e. The van der Waals surface area contributed by atoms with Gasteiger partial charge in [0.25, 0.3) is 0 Å². The summed E-state index contributed by atoms with van der Waals surface area (Å²) in [5.74, 6) is -1.86. The molecule has 1 fully saturated rings. The standard InChI is InChI=1S/C16H22F2O2S/c1-9-7-13(21-16(2,3)4)15(20-9)14(19)10-5-6-11(17)12(18)8-10/h5-6,8-9,13-15,19H,7H2,1-4H3/t9-,13?,14-,15-/m0/s1. The van der Waals surface area contributed by atoms with Crippen LogP contribution in [0.4, 0.5) is 8.78 Å². The van der Waals surface area contributed by atoms with Crippen molar-refractivity contribution in [1.29, 1.82) is 0 Å². The van der Waals surface area contributed by atoms with E-state index in [9.17, 15) is 13.9 Å². The van der Waals surface area contributed by atoms with Crippen LogP contribution >= 0.6 is 11.8 Å². The lowest BCUT2D eigenvalue weighted by molar-refractivity contribution is -0.0283. The SMILES string of the molecule is C[C@H]1CC(SC(C)(C)C)[C@@H]([C@@H](O)c2ccc(F)c(F)c2)O1. The van der Waals surface area contributed by atoms with Crippen LogP contribution in [0.15, 0.2) is 18.2 Å². The Labute approximate surface area is 128 Å². The molecule has 0 saturated carbocycles. The van der Waals surface area contributed by atoms with Crippen molar-refractivity contribution >= 4 is 11.8 Å². The number of thioether (sulfide) groups is 1. The number of benzene rings is 1. The van der Waals surface area contributed by atoms with Crippen LogP contribution in [0.5, 0.6) is 0 Å². The maximum absolute atomic E-state index is 13.3. The van der Waals surface area contributed by atoms with Gasteiger partial charge in [-0.2, -0.15) is 0 Å². The van der Waals surface area contributed by atoms with Gasteiger partial charge in [-0.05, 0) is 31.0 Å². The molecule has 2 nitrogen and oxygen atoms in total. The highest BCUT2D eigenvalue weighted by molar-refractivity contribution is 8.01. The Morgan fingerprint density at radius 2 is 1.95 bits per heavy atom. The van der Waals surface area contributed by atoms with E-state index in [2.05, 4.69) is 20.8 Å². The largest absolute Gasteiger partial charge is 0.386 e. The lowest BCUT2D eigenvalue weighted by Crippen LogP contribution is -2.30. The van der Waals surface area contributed by atoms with Crippen molar-refractivity contribution in [2.75, 3.05) is 0 Å². The first-order valence-corrected chi connectivity index (χ1v) is 8.01. The number of aliphatic hydroxyl groups is 1. The zero-order valence-electron chi connectivity index (χ0n) is 12.8. The number of rotatable bonds is 3. The molecule has 1 N–H and O–H groups in total. The molecule has 1 unspecified atom stereocenters. The predicted molar refractivity (Wildman–Crippen MR) is 81.4 cm³/mol. The Bertz CT molecular complexity index is 502. The molecule has 1 aromatic carbocycles. The molecule has 0 amide bonds. The second kappa shape index (κ2) is 6.23. The Hall–Kier alpha value is -0.650. The van der Waals surface area contributed by atoms with Gasteiger partial charge in [-0.1, -0.05) is 26.8 Å². The second-order valence-corrected chi connectivity index (χ2v) is 8.60. The maximum atomic E-state index is 13.3. The Balaban J connectivity index is 2.19. The minimum atomic E-state index is -0.954. The molecule has 21 heavy (non-hydrogen) atoms. The van der Waals surface area contributed by atoms with E-state index in [1.54, 1.807) is 11.8 Å². The van der Waals surface area contributed by atoms with E-state index < -0.39 is 23.8 Å². The van der Waals surface area contributed by atoms with Gasteiger partial charge in [0, 0.05) is 10.00 Å². The third kappa shape index (κ3) is 4.18. The average molecular weight is 316 g/mol. The van der Waals surface area contributed by atoms with Gasteiger partial charge < -0.3 is 9.84 Å². The number of halogens is 2. The first kappa shape index (κ1) is 16.7.